The molecule has 1 amide bonds. The average Bonchev–Trinajstić information content (AvgIpc) is 2.05. The van der Waals surface area contributed by atoms with Crippen LogP contribution < -0.4 is 0 Å². The van der Waals surface area contributed by atoms with E-state index in [4.69, 9.17) is 4.74 Å². The number of carbonyl (C=O) groups excluding carboxylic acids is 1. The standard InChI is InChI=1S/C6H12NO2P/c8-6(5-10)7-1-3-9-4-2-7/h1-5,10H2. The molecule has 4 heteroatoms. The summed E-state index contributed by atoms with van der Waals surface area (Å²) in [4.78, 5) is 12.8. The smallest absolute Gasteiger partial charge is 0.226 e. The van der Waals surface area contributed by atoms with Crippen LogP contribution in [0.1, 0.15) is 0 Å². The van der Waals surface area contributed by atoms with E-state index in [9.17, 15) is 4.79 Å². The summed E-state index contributed by atoms with van der Waals surface area (Å²) >= 11 is 0. The van der Waals surface area contributed by atoms with Gasteiger partial charge in [-0.25, -0.2) is 0 Å². The number of hydrogen-bond acceptors (Lipinski definition) is 2. The van der Waals surface area contributed by atoms with Crippen molar-refractivity contribution in [1.82, 2.24) is 4.90 Å². The molecule has 1 heterocycles. The second-order valence-corrected chi connectivity index (χ2v) is 2.61. The zero-order valence-electron chi connectivity index (χ0n) is 5.88. The van der Waals surface area contributed by atoms with Crippen LogP contribution in [0.2, 0.25) is 0 Å². The van der Waals surface area contributed by atoms with Crippen LogP contribution in [0.25, 0.3) is 0 Å². The molecule has 1 fully saturated rings. The average molecular weight is 161 g/mol. The van der Waals surface area contributed by atoms with Crippen molar-refractivity contribution < 1.29 is 9.53 Å². The van der Waals surface area contributed by atoms with Gasteiger partial charge in [0.2, 0.25) is 5.91 Å². The van der Waals surface area contributed by atoms with E-state index in [1.54, 1.807) is 0 Å². The summed E-state index contributed by atoms with van der Waals surface area (Å²) in [5.41, 5.74) is 0. The van der Waals surface area contributed by atoms with E-state index < -0.39 is 0 Å². The van der Waals surface area contributed by atoms with Gasteiger partial charge in [-0.15, -0.1) is 9.24 Å². The maximum absolute atomic E-state index is 11.0. The number of morpholine rings is 1. The highest BCUT2D eigenvalue weighted by Crippen LogP contribution is 1.98. The number of carbonyl (C=O) groups is 1. The molecule has 1 saturated heterocycles. The number of amides is 1. The van der Waals surface area contributed by atoms with Gasteiger partial charge < -0.3 is 9.64 Å². The molecule has 0 spiro atoms. The number of nitrogens with zero attached hydrogens (tertiary/aromatic N) is 1. The van der Waals surface area contributed by atoms with E-state index in [-0.39, 0.29) is 5.91 Å². The van der Waals surface area contributed by atoms with Crippen molar-refractivity contribution in [1.29, 1.82) is 0 Å². The molecule has 1 rings (SSSR count). The Labute approximate surface area is 62.9 Å². The third kappa shape index (κ3) is 1.93. The quantitative estimate of drug-likeness (QED) is 0.495. The summed E-state index contributed by atoms with van der Waals surface area (Å²) < 4.78 is 5.09. The van der Waals surface area contributed by atoms with Gasteiger partial charge in [0.1, 0.15) is 0 Å². The van der Waals surface area contributed by atoms with Crippen LogP contribution in [0.5, 0.6) is 0 Å². The number of ether oxygens (including phenoxy) is 1. The Kier molecular flexibility index (Phi) is 3.10. The zero-order chi connectivity index (χ0) is 7.40. The molecule has 0 N–H and O–H groups in total. The fraction of sp³-hybridized carbons (Fsp3) is 0.833. The third-order valence-electron chi connectivity index (χ3n) is 1.54. The van der Waals surface area contributed by atoms with E-state index in [1.807, 2.05) is 4.90 Å². The molecule has 0 aromatic rings. The Balaban J connectivity index is 2.31. The monoisotopic (exact) mass is 161 g/mol. The van der Waals surface area contributed by atoms with Gasteiger partial charge in [-0.3, -0.25) is 4.79 Å². The lowest BCUT2D eigenvalue weighted by molar-refractivity contribution is -0.132. The molecule has 1 aliphatic rings. The lowest BCUT2D eigenvalue weighted by atomic mass is 10.4. The van der Waals surface area contributed by atoms with E-state index in [1.165, 1.54) is 0 Å². The molecule has 0 aromatic carbocycles. The minimum absolute atomic E-state index is 0.202. The van der Waals surface area contributed by atoms with Crippen molar-refractivity contribution >= 4 is 15.1 Å². The van der Waals surface area contributed by atoms with Gasteiger partial charge in [0.05, 0.1) is 13.2 Å². The van der Waals surface area contributed by atoms with Gasteiger partial charge in [-0.05, 0) is 0 Å². The van der Waals surface area contributed by atoms with E-state index in [0.29, 0.717) is 19.4 Å². The van der Waals surface area contributed by atoms with E-state index in [2.05, 4.69) is 9.24 Å². The molecule has 0 aromatic heterocycles. The molecule has 58 valence electrons. The lowest BCUT2D eigenvalue weighted by Crippen LogP contribution is -2.41. The van der Waals surface area contributed by atoms with Crippen LogP contribution in [0.4, 0.5) is 0 Å². The van der Waals surface area contributed by atoms with Crippen LogP contribution in [0.3, 0.4) is 0 Å². The molecule has 10 heavy (non-hydrogen) atoms. The van der Waals surface area contributed by atoms with Crippen LogP contribution in [0, 0.1) is 0 Å². The summed E-state index contributed by atoms with van der Waals surface area (Å²) in [6, 6.07) is 0. The Morgan fingerprint density at radius 3 is 2.60 bits per heavy atom. The van der Waals surface area contributed by atoms with Gasteiger partial charge in [0.15, 0.2) is 0 Å². The highest BCUT2D eigenvalue weighted by molar-refractivity contribution is 7.18. The van der Waals surface area contributed by atoms with E-state index >= 15 is 0 Å². The summed E-state index contributed by atoms with van der Waals surface area (Å²) in [7, 11) is 2.43. The molecule has 0 saturated carbocycles. The summed E-state index contributed by atoms with van der Waals surface area (Å²) in [6.45, 7) is 2.90. The zero-order valence-corrected chi connectivity index (χ0v) is 7.03. The summed E-state index contributed by atoms with van der Waals surface area (Å²) in [5.74, 6) is 0.202. The van der Waals surface area contributed by atoms with Crippen LogP contribution >= 0.6 is 9.24 Å². The molecule has 3 nitrogen and oxygen atoms in total. The Hall–Kier alpha value is -0.140. The molecule has 0 aliphatic carbocycles. The summed E-state index contributed by atoms with van der Waals surface area (Å²) in [6.07, 6.45) is 0.528. The van der Waals surface area contributed by atoms with Crippen molar-refractivity contribution in [3.63, 3.8) is 0 Å². The molecule has 0 radical (unpaired) electrons. The Morgan fingerprint density at radius 1 is 1.50 bits per heavy atom. The fourth-order valence-corrected chi connectivity index (χ4v) is 1.20. The Bertz CT molecular complexity index is 123. The second kappa shape index (κ2) is 3.89. The maximum atomic E-state index is 11.0. The second-order valence-electron chi connectivity index (χ2n) is 2.20. The van der Waals surface area contributed by atoms with Crippen molar-refractivity contribution in [3.05, 3.63) is 0 Å². The van der Waals surface area contributed by atoms with Crippen molar-refractivity contribution in [2.45, 2.75) is 0 Å². The minimum atomic E-state index is 0.202. The number of rotatable bonds is 1. The van der Waals surface area contributed by atoms with Gasteiger partial charge in [0.25, 0.3) is 0 Å². The predicted molar refractivity (Wildman–Crippen MR) is 42.0 cm³/mol. The predicted octanol–water partition coefficient (Wildman–Crippen LogP) is -0.280. The van der Waals surface area contributed by atoms with E-state index in [0.717, 1.165) is 13.1 Å². The highest BCUT2D eigenvalue weighted by Gasteiger charge is 2.13. The third-order valence-corrected chi connectivity index (χ3v) is 1.89. The Morgan fingerprint density at radius 2 is 2.10 bits per heavy atom. The van der Waals surface area contributed by atoms with Crippen molar-refractivity contribution in [2.24, 2.45) is 0 Å². The van der Waals surface area contributed by atoms with Crippen molar-refractivity contribution in [2.75, 3.05) is 32.5 Å². The lowest BCUT2D eigenvalue weighted by Gasteiger charge is -2.26. The first kappa shape index (κ1) is 7.96. The fourth-order valence-electron chi connectivity index (χ4n) is 0.942. The normalized spacial score (nSPS) is 19.1. The topological polar surface area (TPSA) is 29.5 Å². The maximum Gasteiger partial charge on any atom is 0.226 e. The van der Waals surface area contributed by atoms with Gasteiger partial charge in [-0.1, -0.05) is 0 Å². The van der Waals surface area contributed by atoms with Crippen LogP contribution in [-0.4, -0.2) is 43.3 Å². The van der Waals surface area contributed by atoms with Gasteiger partial charge >= 0.3 is 0 Å². The van der Waals surface area contributed by atoms with Crippen LogP contribution in [-0.2, 0) is 9.53 Å². The summed E-state index contributed by atoms with van der Waals surface area (Å²) in [5, 5.41) is 0. The first-order valence-corrected chi connectivity index (χ1v) is 4.22. The molecular formula is C6H12NO2P. The first-order chi connectivity index (χ1) is 4.84. The van der Waals surface area contributed by atoms with Gasteiger partial charge in [0, 0.05) is 19.3 Å². The molecule has 1 aliphatic heterocycles. The minimum Gasteiger partial charge on any atom is -0.378 e. The largest absolute Gasteiger partial charge is 0.378 e. The molecule has 1 unspecified atom stereocenters. The molecule has 0 bridgehead atoms. The van der Waals surface area contributed by atoms with Crippen LogP contribution in [0.15, 0.2) is 0 Å². The SMILES string of the molecule is O=C(CP)N1CCOCC1. The van der Waals surface area contributed by atoms with Crippen molar-refractivity contribution in [3.8, 4) is 0 Å². The first-order valence-electron chi connectivity index (χ1n) is 3.40. The number of hydrogen-bond donors (Lipinski definition) is 0. The highest BCUT2D eigenvalue weighted by atomic mass is 31.0. The molecular weight excluding hydrogens is 149 g/mol. The van der Waals surface area contributed by atoms with Gasteiger partial charge in [-0.2, -0.15) is 0 Å². The molecule has 1 atom stereocenters.